The van der Waals surface area contributed by atoms with E-state index in [1.165, 1.54) is 38.5 Å². The summed E-state index contributed by atoms with van der Waals surface area (Å²) in [7, 11) is 0. The van der Waals surface area contributed by atoms with Crippen molar-refractivity contribution in [2.75, 3.05) is 26.4 Å². The van der Waals surface area contributed by atoms with Gasteiger partial charge in [-0.25, -0.2) is 0 Å². The minimum atomic E-state index is -1.49. The van der Waals surface area contributed by atoms with E-state index >= 15 is 0 Å². The van der Waals surface area contributed by atoms with Crippen molar-refractivity contribution in [1.29, 1.82) is 0 Å². The van der Waals surface area contributed by atoms with E-state index in [1.54, 1.807) is 0 Å². The van der Waals surface area contributed by atoms with Crippen molar-refractivity contribution in [2.24, 2.45) is 0 Å². The lowest BCUT2D eigenvalue weighted by molar-refractivity contribution is -0.305. The Bertz CT molecular complexity index is 355. The molecule has 5 N–H and O–H groups in total. The Kier molecular flexibility index (Phi) is 13.4. The van der Waals surface area contributed by atoms with Gasteiger partial charge in [0.2, 0.25) is 0 Å². The number of aliphatic hydroxyl groups is 5. The molecule has 2 unspecified atom stereocenters. The predicted octanol–water partition coefficient (Wildman–Crippen LogP) is 0.321. The molecule has 27 heavy (non-hydrogen) atoms. The topological polar surface area (TPSA) is 129 Å². The van der Waals surface area contributed by atoms with E-state index in [0.29, 0.717) is 6.61 Å². The molecule has 1 saturated heterocycles. The van der Waals surface area contributed by atoms with Gasteiger partial charge in [-0.05, 0) is 6.42 Å². The monoisotopic (exact) mass is 394 g/mol. The molecular formula is C19H38O8. The number of aliphatic hydroxyl groups excluding tert-OH is 5. The molecule has 0 aromatic heterocycles. The van der Waals surface area contributed by atoms with E-state index in [2.05, 4.69) is 6.92 Å². The molecule has 162 valence electrons. The molecule has 1 rings (SSSR count). The van der Waals surface area contributed by atoms with Crippen LogP contribution in [0.4, 0.5) is 0 Å². The van der Waals surface area contributed by atoms with Crippen molar-refractivity contribution in [3.05, 3.63) is 0 Å². The highest BCUT2D eigenvalue weighted by atomic mass is 16.7. The molecule has 8 heteroatoms. The number of hydrogen-bond acceptors (Lipinski definition) is 8. The third-order valence-electron chi connectivity index (χ3n) is 4.75. The van der Waals surface area contributed by atoms with E-state index in [4.69, 9.17) is 19.3 Å². The zero-order valence-corrected chi connectivity index (χ0v) is 16.4. The van der Waals surface area contributed by atoms with Crippen LogP contribution in [0.2, 0.25) is 0 Å². The fraction of sp³-hybridized carbons (Fsp3) is 1.00. The molecule has 1 heterocycles. The molecule has 0 saturated carbocycles. The zero-order chi connectivity index (χ0) is 20.1. The smallest absolute Gasteiger partial charge is 0.186 e. The Hall–Kier alpha value is -0.320. The van der Waals surface area contributed by atoms with Crippen molar-refractivity contribution in [1.82, 2.24) is 0 Å². The highest BCUT2D eigenvalue weighted by Gasteiger charge is 2.44. The van der Waals surface area contributed by atoms with Gasteiger partial charge in [-0.15, -0.1) is 0 Å². The van der Waals surface area contributed by atoms with Crippen molar-refractivity contribution in [2.45, 2.75) is 95.1 Å². The van der Waals surface area contributed by atoms with Crippen molar-refractivity contribution in [3.8, 4) is 0 Å². The van der Waals surface area contributed by atoms with Gasteiger partial charge in [0.25, 0.3) is 0 Å². The molecule has 8 nitrogen and oxygen atoms in total. The third-order valence-corrected chi connectivity index (χ3v) is 4.75. The summed E-state index contributed by atoms with van der Waals surface area (Å²) < 4.78 is 15.9. The van der Waals surface area contributed by atoms with Crippen molar-refractivity contribution >= 4 is 0 Å². The van der Waals surface area contributed by atoms with Crippen molar-refractivity contribution in [3.63, 3.8) is 0 Å². The Morgan fingerprint density at radius 1 is 0.852 bits per heavy atom. The second-order valence-corrected chi connectivity index (χ2v) is 7.23. The zero-order valence-electron chi connectivity index (χ0n) is 16.4. The average Bonchev–Trinajstić information content (AvgIpc) is 2.67. The summed E-state index contributed by atoms with van der Waals surface area (Å²) in [4.78, 5) is 0. The molecule has 0 aliphatic carbocycles. The van der Waals surface area contributed by atoms with E-state index in [0.717, 1.165) is 12.8 Å². The summed E-state index contributed by atoms with van der Waals surface area (Å²) in [5, 5.41) is 48.2. The predicted molar refractivity (Wildman–Crippen MR) is 99.2 cm³/mol. The third kappa shape index (κ3) is 9.62. The van der Waals surface area contributed by atoms with Gasteiger partial charge in [0.15, 0.2) is 6.29 Å². The van der Waals surface area contributed by atoms with Crippen LogP contribution >= 0.6 is 0 Å². The van der Waals surface area contributed by atoms with Gasteiger partial charge in [-0.3, -0.25) is 0 Å². The van der Waals surface area contributed by atoms with Crippen LogP contribution in [0.25, 0.3) is 0 Å². The molecule has 0 amide bonds. The summed E-state index contributed by atoms with van der Waals surface area (Å²) in [6, 6.07) is 0. The van der Waals surface area contributed by atoms with Gasteiger partial charge in [0, 0.05) is 6.61 Å². The van der Waals surface area contributed by atoms with Crippen molar-refractivity contribution < 1.29 is 39.7 Å². The van der Waals surface area contributed by atoms with Crippen LogP contribution in [0.1, 0.15) is 58.3 Å². The van der Waals surface area contributed by atoms with Gasteiger partial charge in [0.05, 0.1) is 19.8 Å². The Morgan fingerprint density at radius 2 is 1.48 bits per heavy atom. The molecule has 0 radical (unpaired) electrons. The molecule has 0 spiro atoms. The molecule has 1 aliphatic rings. The number of hydrogen-bond donors (Lipinski definition) is 5. The Labute approximate surface area is 162 Å². The fourth-order valence-corrected chi connectivity index (χ4v) is 3.02. The molecule has 1 aliphatic heterocycles. The molecule has 0 aromatic rings. The molecule has 1 fully saturated rings. The maximum Gasteiger partial charge on any atom is 0.186 e. The van der Waals surface area contributed by atoms with Gasteiger partial charge in [0.1, 0.15) is 30.5 Å². The van der Waals surface area contributed by atoms with E-state index in [-0.39, 0.29) is 13.2 Å². The summed E-state index contributed by atoms with van der Waals surface area (Å²) in [6.07, 6.45) is 2.18. The first-order valence-electron chi connectivity index (χ1n) is 10.2. The lowest BCUT2D eigenvalue weighted by Crippen LogP contribution is -2.59. The lowest BCUT2D eigenvalue weighted by Gasteiger charge is -2.39. The van der Waals surface area contributed by atoms with E-state index < -0.39 is 43.4 Å². The maximum absolute atomic E-state index is 9.88. The second-order valence-electron chi connectivity index (χ2n) is 7.23. The quantitative estimate of drug-likeness (QED) is 0.251. The largest absolute Gasteiger partial charge is 0.394 e. The average molecular weight is 395 g/mol. The molecule has 0 aromatic carbocycles. The van der Waals surface area contributed by atoms with Crippen LogP contribution in [0.15, 0.2) is 0 Å². The first kappa shape index (κ1) is 24.7. The molecule has 6 atom stereocenters. The summed E-state index contributed by atoms with van der Waals surface area (Å²) in [6.45, 7) is 2.22. The first-order chi connectivity index (χ1) is 13.0. The standard InChI is InChI=1S/C19H38O8/c1-2-3-4-5-6-7-8-9-10-25-12-14(21)13-26-19-18(24)17(23)16(22)15(11-20)27-19/h14-24H,2-13H2,1H3/t14?,15-,16-,17+,18-,19?/m1/s1. The first-order valence-corrected chi connectivity index (χ1v) is 10.2. The highest BCUT2D eigenvalue weighted by Crippen LogP contribution is 2.22. The van der Waals surface area contributed by atoms with Crippen LogP contribution in [0, 0.1) is 0 Å². The van der Waals surface area contributed by atoms with Crippen LogP contribution < -0.4 is 0 Å². The second kappa shape index (κ2) is 14.6. The molecular weight excluding hydrogens is 356 g/mol. The summed E-state index contributed by atoms with van der Waals surface area (Å²) in [5.41, 5.74) is 0. The van der Waals surface area contributed by atoms with Crippen LogP contribution in [-0.4, -0.2) is 88.8 Å². The highest BCUT2D eigenvalue weighted by molar-refractivity contribution is 4.88. The Morgan fingerprint density at radius 3 is 2.11 bits per heavy atom. The van der Waals surface area contributed by atoms with E-state index in [9.17, 15) is 20.4 Å². The number of unbranched alkanes of at least 4 members (excludes halogenated alkanes) is 7. The van der Waals surface area contributed by atoms with Crippen LogP contribution in [0.3, 0.4) is 0 Å². The molecule has 0 bridgehead atoms. The van der Waals surface area contributed by atoms with Gasteiger partial charge in [-0.1, -0.05) is 51.9 Å². The Balaban J connectivity index is 2.06. The maximum atomic E-state index is 9.88. The van der Waals surface area contributed by atoms with E-state index in [1.807, 2.05) is 0 Å². The lowest BCUT2D eigenvalue weighted by atomic mass is 9.99. The van der Waals surface area contributed by atoms with Crippen LogP contribution in [0.5, 0.6) is 0 Å². The normalized spacial score (nSPS) is 29.8. The minimum absolute atomic E-state index is 0.105. The minimum Gasteiger partial charge on any atom is -0.394 e. The van der Waals surface area contributed by atoms with Gasteiger partial charge >= 0.3 is 0 Å². The van der Waals surface area contributed by atoms with Gasteiger partial charge in [-0.2, -0.15) is 0 Å². The summed E-state index contributed by atoms with van der Waals surface area (Å²) >= 11 is 0. The summed E-state index contributed by atoms with van der Waals surface area (Å²) in [5.74, 6) is 0. The van der Waals surface area contributed by atoms with Gasteiger partial charge < -0.3 is 39.7 Å². The fourth-order valence-electron chi connectivity index (χ4n) is 3.02. The number of ether oxygens (including phenoxy) is 3. The van der Waals surface area contributed by atoms with Crippen LogP contribution in [-0.2, 0) is 14.2 Å². The number of rotatable bonds is 15. The SMILES string of the molecule is CCCCCCCCCCOCC(O)COC1O[C@H](CO)[C@@H](O)[C@H](O)[C@H]1O.